The van der Waals surface area contributed by atoms with Crippen molar-refractivity contribution in [3.8, 4) is 0 Å². The molecule has 0 aromatic carbocycles. The fraction of sp³-hybridized carbons (Fsp3) is 0.636. The average molecular weight is 212 g/mol. The molecule has 1 rings (SSSR count). The Morgan fingerprint density at radius 1 is 1.40 bits per heavy atom. The fourth-order valence-electron chi connectivity index (χ4n) is 1.81. The molecule has 4 nitrogen and oxygen atoms in total. The topological polar surface area (TPSA) is 74.6 Å². The van der Waals surface area contributed by atoms with Crippen LogP contribution in [0, 0.1) is 11.3 Å². The smallest absolute Gasteiger partial charge is 0.313 e. The zero-order valence-electron chi connectivity index (χ0n) is 8.77. The molecule has 84 valence electrons. The summed E-state index contributed by atoms with van der Waals surface area (Å²) in [5.41, 5.74) is -0.830. The van der Waals surface area contributed by atoms with Crippen LogP contribution >= 0.6 is 0 Å². The first-order valence-electron chi connectivity index (χ1n) is 5.09. The van der Waals surface area contributed by atoms with Crippen LogP contribution < -0.4 is 0 Å². The molecule has 0 spiro atoms. The van der Waals surface area contributed by atoms with E-state index in [4.69, 9.17) is 10.2 Å². The Balaban J connectivity index is 2.74. The van der Waals surface area contributed by atoms with Crippen LogP contribution in [-0.2, 0) is 9.59 Å². The summed E-state index contributed by atoms with van der Waals surface area (Å²) < 4.78 is 0. The van der Waals surface area contributed by atoms with Crippen LogP contribution in [0.25, 0.3) is 0 Å². The lowest BCUT2D eigenvalue weighted by atomic mass is 9.80. The van der Waals surface area contributed by atoms with E-state index in [2.05, 4.69) is 0 Å². The van der Waals surface area contributed by atoms with Gasteiger partial charge in [0.25, 0.3) is 0 Å². The van der Waals surface area contributed by atoms with Crippen LogP contribution in [0.2, 0.25) is 0 Å². The summed E-state index contributed by atoms with van der Waals surface area (Å²) in [7, 11) is 0. The molecule has 0 amide bonds. The van der Waals surface area contributed by atoms with Gasteiger partial charge in [0.05, 0.1) is 11.3 Å². The van der Waals surface area contributed by atoms with Gasteiger partial charge >= 0.3 is 11.9 Å². The van der Waals surface area contributed by atoms with Gasteiger partial charge in [-0.3, -0.25) is 9.59 Å². The van der Waals surface area contributed by atoms with Gasteiger partial charge in [-0.25, -0.2) is 0 Å². The Kier molecular flexibility index (Phi) is 3.50. The van der Waals surface area contributed by atoms with Gasteiger partial charge < -0.3 is 10.2 Å². The lowest BCUT2D eigenvalue weighted by molar-refractivity contribution is -0.145. The minimum absolute atomic E-state index is 0.361. The molecule has 0 fully saturated rings. The second-order valence-electron chi connectivity index (χ2n) is 4.29. The molecule has 0 saturated heterocycles. The van der Waals surface area contributed by atoms with Gasteiger partial charge in [-0.1, -0.05) is 18.6 Å². The quantitative estimate of drug-likeness (QED) is 0.685. The molecule has 0 aromatic heterocycles. The van der Waals surface area contributed by atoms with Crippen molar-refractivity contribution in [2.24, 2.45) is 11.3 Å². The highest BCUT2D eigenvalue weighted by atomic mass is 16.4. The van der Waals surface area contributed by atoms with Crippen molar-refractivity contribution in [2.45, 2.75) is 32.6 Å². The van der Waals surface area contributed by atoms with Gasteiger partial charge in [-0.2, -0.15) is 0 Å². The van der Waals surface area contributed by atoms with E-state index in [1.807, 2.05) is 0 Å². The number of carboxylic acid groups (broad SMARTS) is 2. The SMILES string of the molecule is CC1(C(=O)O)/C=C\CC(C(=O)O)CCC1. The Morgan fingerprint density at radius 3 is 2.60 bits per heavy atom. The van der Waals surface area contributed by atoms with Crippen LogP contribution in [-0.4, -0.2) is 22.2 Å². The van der Waals surface area contributed by atoms with Crippen molar-refractivity contribution in [3.63, 3.8) is 0 Å². The molecule has 4 heteroatoms. The monoisotopic (exact) mass is 212 g/mol. The highest BCUT2D eigenvalue weighted by Crippen LogP contribution is 2.31. The minimum Gasteiger partial charge on any atom is -0.481 e. The van der Waals surface area contributed by atoms with E-state index >= 15 is 0 Å². The number of hydrogen-bond donors (Lipinski definition) is 2. The molecule has 2 N–H and O–H groups in total. The van der Waals surface area contributed by atoms with Crippen molar-refractivity contribution >= 4 is 11.9 Å². The number of rotatable bonds is 2. The second kappa shape index (κ2) is 4.47. The Morgan fingerprint density at radius 2 is 2.07 bits per heavy atom. The third kappa shape index (κ3) is 2.81. The Labute approximate surface area is 88.6 Å². The molecule has 15 heavy (non-hydrogen) atoms. The first kappa shape index (κ1) is 11.8. The van der Waals surface area contributed by atoms with Crippen molar-refractivity contribution in [1.29, 1.82) is 0 Å². The lowest BCUT2D eigenvalue weighted by Crippen LogP contribution is -2.27. The minimum atomic E-state index is -0.840. The van der Waals surface area contributed by atoms with E-state index in [1.54, 1.807) is 19.1 Å². The Hall–Kier alpha value is -1.32. The summed E-state index contributed by atoms with van der Waals surface area (Å²) in [6, 6.07) is 0. The molecule has 1 aliphatic rings. The molecular weight excluding hydrogens is 196 g/mol. The Bertz CT molecular complexity index is 295. The van der Waals surface area contributed by atoms with E-state index in [0.717, 1.165) is 0 Å². The molecule has 0 aliphatic heterocycles. The molecule has 0 heterocycles. The van der Waals surface area contributed by atoms with Crippen LogP contribution in [0.5, 0.6) is 0 Å². The van der Waals surface area contributed by atoms with Gasteiger partial charge in [-0.15, -0.1) is 0 Å². The maximum Gasteiger partial charge on any atom is 0.313 e. The summed E-state index contributed by atoms with van der Waals surface area (Å²) in [5.74, 6) is -1.99. The predicted molar refractivity (Wildman–Crippen MR) is 54.5 cm³/mol. The normalized spacial score (nSPS) is 33.8. The maximum atomic E-state index is 11.0. The molecule has 0 bridgehead atoms. The largest absolute Gasteiger partial charge is 0.481 e. The summed E-state index contributed by atoms with van der Waals surface area (Å²) in [6.45, 7) is 1.67. The van der Waals surface area contributed by atoms with Crippen molar-refractivity contribution in [3.05, 3.63) is 12.2 Å². The van der Waals surface area contributed by atoms with Crippen LogP contribution in [0.4, 0.5) is 0 Å². The molecule has 2 unspecified atom stereocenters. The first-order chi connectivity index (χ1) is 6.96. The van der Waals surface area contributed by atoms with Crippen LogP contribution in [0.3, 0.4) is 0 Å². The molecule has 2 atom stereocenters. The van der Waals surface area contributed by atoms with Gasteiger partial charge in [0, 0.05) is 0 Å². The van der Waals surface area contributed by atoms with E-state index in [0.29, 0.717) is 25.7 Å². The maximum absolute atomic E-state index is 11.0. The number of carboxylic acids is 2. The first-order valence-corrected chi connectivity index (χ1v) is 5.09. The van der Waals surface area contributed by atoms with E-state index in [9.17, 15) is 9.59 Å². The van der Waals surface area contributed by atoms with E-state index in [-0.39, 0.29) is 5.92 Å². The van der Waals surface area contributed by atoms with Crippen LogP contribution in [0.1, 0.15) is 32.6 Å². The molecular formula is C11H16O4. The highest BCUT2D eigenvalue weighted by Gasteiger charge is 2.31. The third-order valence-corrected chi connectivity index (χ3v) is 2.99. The molecule has 0 radical (unpaired) electrons. The predicted octanol–water partition coefficient (Wildman–Crippen LogP) is 1.91. The molecule has 1 aliphatic carbocycles. The highest BCUT2D eigenvalue weighted by molar-refractivity contribution is 5.76. The summed E-state index contributed by atoms with van der Waals surface area (Å²) in [5, 5.41) is 17.9. The summed E-state index contributed by atoms with van der Waals surface area (Å²) >= 11 is 0. The third-order valence-electron chi connectivity index (χ3n) is 2.99. The van der Waals surface area contributed by atoms with E-state index in [1.165, 1.54) is 0 Å². The van der Waals surface area contributed by atoms with Crippen molar-refractivity contribution in [2.75, 3.05) is 0 Å². The number of carbonyl (C=O) groups is 2. The lowest BCUT2D eigenvalue weighted by Gasteiger charge is -2.24. The molecule has 0 saturated carbocycles. The summed E-state index contributed by atoms with van der Waals surface area (Å²) in [4.78, 5) is 21.8. The number of aliphatic carboxylic acids is 2. The van der Waals surface area contributed by atoms with E-state index < -0.39 is 17.4 Å². The van der Waals surface area contributed by atoms with Crippen molar-refractivity contribution in [1.82, 2.24) is 0 Å². The summed E-state index contributed by atoms with van der Waals surface area (Å²) in [6.07, 6.45) is 5.45. The van der Waals surface area contributed by atoms with Crippen molar-refractivity contribution < 1.29 is 19.8 Å². The zero-order valence-corrected chi connectivity index (χ0v) is 8.77. The van der Waals surface area contributed by atoms with Gasteiger partial charge in [0.2, 0.25) is 0 Å². The molecule has 0 aromatic rings. The number of allylic oxidation sites excluding steroid dienone is 1. The van der Waals surface area contributed by atoms with Gasteiger partial charge in [0.15, 0.2) is 0 Å². The standard InChI is InChI=1S/C11H16O4/c1-11(10(14)15)6-2-4-8(9(12)13)5-3-7-11/h2,6,8H,3-5,7H2,1H3,(H,12,13)(H,14,15)/b6-2-. The van der Waals surface area contributed by atoms with Gasteiger partial charge in [0.1, 0.15) is 0 Å². The van der Waals surface area contributed by atoms with Gasteiger partial charge in [-0.05, 0) is 26.2 Å². The number of hydrogen-bond acceptors (Lipinski definition) is 2. The zero-order chi connectivity index (χ0) is 11.5. The fourth-order valence-corrected chi connectivity index (χ4v) is 1.81. The second-order valence-corrected chi connectivity index (χ2v) is 4.29. The van der Waals surface area contributed by atoms with Crippen LogP contribution in [0.15, 0.2) is 12.2 Å². The average Bonchev–Trinajstić information content (AvgIpc) is 2.10.